The van der Waals surface area contributed by atoms with Crippen molar-refractivity contribution in [3.05, 3.63) is 33.9 Å². The average molecular weight is 244 g/mol. The Labute approximate surface area is 87.3 Å². The molecule has 0 saturated carbocycles. The molecule has 15 heavy (non-hydrogen) atoms. The van der Waals surface area contributed by atoms with Crippen LogP contribution in [-0.4, -0.2) is 11.7 Å². The summed E-state index contributed by atoms with van der Waals surface area (Å²) in [5.74, 6) is -6.84. The third-order valence-corrected chi connectivity index (χ3v) is 2.14. The van der Waals surface area contributed by atoms with Crippen molar-refractivity contribution in [2.45, 2.75) is 6.04 Å². The minimum atomic E-state index is -1.73. The van der Waals surface area contributed by atoms with Crippen LogP contribution in [0, 0.1) is 23.3 Å². The molecular weight excluding hydrogens is 238 g/mol. The van der Waals surface area contributed by atoms with Gasteiger partial charge < -0.3 is 10.8 Å². The lowest BCUT2D eigenvalue weighted by Gasteiger charge is -2.12. The van der Waals surface area contributed by atoms with Crippen LogP contribution >= 0.6 is 11.6 Å². The summed E-state index contributed by atoms with van der Waals surface area (Å²) in [5.41, 5.74) is 4.02. The lowest BCUT2D eigenvalue weighted by molar-refractivity contribution is 0.259. The molecule has 0 aliphatic carbocycles. The fourth-order valence-electron chi connectivity index (χ4n) is 1.04. The second-order valence-electron chi connectivity index (χ2n) is 2.77. The third-order valence-electron chi connectivity index (χ3n) is 1.81. The second kappa shape index (κ2) is 4.34. The summed E-state index contributed by atoms with van der Waals surface area (Å²) in [6.07, 6.45) is 0. The first-order valence-electron chi connectivity index (χ1n) is 3.79. The summed E-state index contributed by atoms with van der Waals surface area (Å²) in [7, 11) is 0. The van der Waals surface area contributed by atoms with Gasteiger partial charge in [0.05, 0.1) is 12.6 Å². The first kappa shape index (κ1) is 12.2. The summed E-state index contributed by atoms with van der Waals surface area (Å²) < 4.78 is 51.9. The molecule has 0 radical (unpaired) electrons. The molecular formula is C8H6ClF4NO. The highest BCUT2D eigenvalue weighted by Gasteiger charge is 2.27. The Balaban J connectivity index is 3.52. The molecule has 0 spiro atoms. The normalized spacial score (nSPS) is 13.0. The molecule has 0 aromatic heterocycles. The maximum absolute atomic E-state index is 13.1. The van der Waals surface area contributed by atoms with Gasteiger partial charge in [0.25, 0.3) is 0 Å². The number of benzene rings is 1. The van der Waals surface area contributed by atoms with E-state index in [2.05, 4.69) is 0 Å². The van der Waals surface area contributed by atoms with Gasteiger partial charge >= 0.3 is 0 Å². The van der Waals surface area contributed by atoms with Crippen molar-refractivity contribution in [2.24, 2.45) is 5.73 Å². The van der Waals surface area contributed by atoms with E-state index in [0.29, 0.717) is 0 Å². The zero-order valence-corrected chi connectivity index (χ0v) is 7.95. The van der Waals surface area contributed by atoms with Crippen molar-refractivity contribution >= 4 is 11.6 Å². The molecule has 0 aliphatic rings. The van der Waals surface area contributed by atoms with Crippen LogP contribution in [0.25, 0.3) is 0 Å². The second-order valence-corrected chi connectivity index (χ2v) is 3.15. The Morgan fingerprint density at radius 1 is 1.07 bits per heavy atom. The van der Waals surface area contributed by atoms with Crippen LogP contribution in [0.15, 0.2) is 0 Å². The molecule has 7 heteroatoms. The summed E-state index contributed by atoms with van der Waals surface area (Å²) in [5, 5.41) is 7.27. The van der Waals surface area contributed by atoms with Gasteiger partial charge in [-0.1, -0.05) is 11.6 Å². The van der Waals surface area contributed by atoms with Crippen LogP contribution in [0.1, 0.15) is 11.6 Å². The van der Waals surface area contributed by atoms with Crippen LogP contribution in [0.4, 0.5) is 17.6 Å². The zero-order valence-electron chi connectivity index (χ0n) is 7.20. The lowest BCUT2D eigenvalue weighted by atomic mass is 10.1. The van der Waals surface area contributed by atoms with Crippen molar-refractivity contribution in [1.82, 2.24) is 0 Å². The SMILES string of the molecule is N[C@H](CO)c1c(F)c(F)c(Cl)c(F)c1F. The van der Waals surface area contributed by atoms with E-state index in [1.165, 1.54) is 0 Å². The van der Waals surface area contributed by atoms with Gasteiger partial charge in [-0.2, -0.15) is 0 Å². The predicted octanol–water partition coefficient (Wildman–Crippen LogP) is 1.89. The third kappa shape index (κ3) is 1.92. The lowest BCUT2D eigenvalue weighted by Crippen LogP contribution is -2.20. The number of aliphatic hydroxyl groups excluding tert-OH is 1. The van der Waals surface area contributed by atoms with Gasteiger partial charge in [-0.05, 0) is 0 Å². The summed E-state index contributed by atoms with van der Waals surface area (Å²) in [6.45, 7) is -0.853. The van der Waals surface area contributed by atoms with E-state index < -0.39 is 46.5 Å². The Kier molecular flexibility index (Phi) is 3.54. The Hall–Kier alpha value is -0.850. The van der Waals surface area contributed by atoms with Crippen LogP contribution in [0.3, 0.4) is 0 Å². The molecule has 0 fully saturated rings. The smallest absolute Gasteiger partial charge is 0.180 e. The number of hydrogen-bond acceptors (Lipinski definition) is 2. The minimum Gasteiger partial charge on any atom is -0.394 e. The molecule has 1 rings (SSSR count). The maximum atomic E-state index is 13.1. The van der Waals surface area contributed by atoms with Crippen molar-refractivity contribution in [3.63, 3.8) is 0 Å². The standard InChI is InChI=1S/C8H6ClF4NO/c9-4-7(12)5(10)3(2(14)1-15)6(11)8(4)13/h2,15H,1,14H2/t2-/m1/s1. The van der Waals surface area contributed by atoms with Crippen LogP contribution in [0.5, 0.6) is 0 Å². The van der Waals surface area contributed by atoms with Gasteiger partial charge in [-0.25, -0.2) is 17.6 Å². The first-order valence-corrected chi connectivity index (χ1v) is 4.17. The maximum Gasteiger partial charge on any atom is 0.180 e. The average Bonchev–Trinajstić information content (AvgIpc) is 2.23. The molecule has 0 amide bonds. The van der Waals surface area contributed by atoms with Gasteiger partial charge in [0, 0.05) is 5.56 Å². The van der Waals surface area contributed by atoms with E-state index in [9.17, 15) is 17.6 Å². The number of hydrogen-bond donors (Lipinski definition) is 2. The molecule has 0 aliphatic heterocycles. The van der Waals surface area contributed by atoms with Crippen molar-refractivity contribution < 1.29 is 22.7 Å². The molecule has 0 heterocycles. The van der Waals surface area contributed by atoms with E-state index in [1.54, 1.807) is 0 Å². The number of rotatable bonds is 2. The number of halogens is 5. The molecule has 0 saturated heterocycles. The van der Waals surface area contributed by atoms with E-state index >= 15 is 0 Å². The number of aliphatic hydroxyl groups is 1. The van der Waals surface area contributed by atoms with Crippen LogP contribution in [-0.2, 0) is 0 Å². The van der Waals surface area contributed by atoms with Crippen molar-refractivity contribution in [3.8, 4) is 0 Å². The van der Waals surface area contributed by atoms with E-state index in [0.717, 1.165) is 0 Å². The molecule has 1 aromatic rings. The Morgan fingerprint density at radius 3 is 1.80 bits per heavy atom. The largest absolute Gasteiger partial charge is 0.394 e. The fourth-order valence-corrected chi connectivity index (χ4v) is 1.20. The molecule has 84 valence electrons. The van der Waals surface area contributed by atoms with Crippen LogP contribution < -0.4 is 5.73 Å². The highest BCUT2D eigenvalue weighted by atomic mass is 35.5. The zero-order chi connectivity index (χ0) is 11.7. The van der Waals surface area contributed by atoms with Gasteiger partial charge in [0.1, 0.15) is 5.02 Å². The molecule has 0 unspecified atom stereocenters. The van der Waals surface area contributed by atoms with E-state index in [1.807, 2.05) is 0 Å². The Bertz CT molecular complexity index is 370. The minimum absolute atomic E-state index is 0.853. The van der Waals surface area contributed by atoms with Crippen LogP contribution in [0.2, 0.25) is 5.02 Å². The van der Waals surface area contributed by atoms with E-state index in [4.69, 9.17) is 22.4 Å². The van der Waals surface area contributed by atoms with E-state index in [-0.39, 0.29) is 0 Å². The molecule has 1 atom stereocenters. The van der Waals surface area contributed by atoms with Gasteiger partial charge in [-0.3, -0.25) is 0 Å². The monoisotopic (exact) mass is 243 g/mol. The molecule has 1 aromatic carbocycles. The summed E-state index contributed by atoms with van der Waals surface area (Å²) >= 11 is 4.97. The topological polar surface area (TPSA) is 46.2 Å². The number of nitrogens with two attached hydrogens (primary N) is 1. The summed E-state index contributed by atoms with van der Waals surface area (Å²) in [6, 6.07) is -1.55. The highest BCUT2D eigenvalue weighted by Crippen LogP contribution is 2.30. The fraction of sp³-hybridized carbons (Fsp3) is 0.250. The molecule has 0 bridgehead atoms. The molecule has 2 nitrogen and oxygen atoms in total. The quantitative estimate of drug-likeness (QED) is 0.473. The van der Waals surface area contributed by atoms with Gasteiger partial charge in [-0.15, -0.1) is 0 Å². The molecule has 3 N–H and O–H groups in total. The predicted molar refractivity (Wildman–Crippen MR) is 45.3 cm³/mol. The van der Waals surface area contributed by atoms with Crippen molar-refractivity contribution in [2.75, 3.05) is 6.61 Å². The Morgan fingerprint density at radius 2 is 1.47 bits per heavy atom. The summed E-state index contributed by atoms with van der Waals surface area (Å²) in [4.78, 5) is 0. The first-order chi connectivity index (χ1) is 6.91. The van der Waals surface area contributed by atoms with Crippen molar-refractivity contribution in [1.29, 1.82) is 0 Å². The van der Waals surface area contributed by atoms with Gasteiger partial charge in [0.2, 0.25) is 0 Å². The highest BCUT2D eigenvalue weighted by molar-refractivity contribution is 6.30. The van der Waals surface area contributed by atoms with Gasteiger partial charge in [0.15, 0.2) is 23.3 Å².